The summed E-state index contributed by atoms with van der Waals surface area (Å²) in [6, 6.07) is 8.43. The Labute approximate surface area is 218 Å². The molecule has 1 fully saturated rings. The maximum atomic E-state index is 14.8. The number of rotatable bonds is 4. The average Bonchev–Trinajstić information content (AvgIpc) is 3.23. The maximum absolute atomic E-state index is 14.8. The number of carboxylic acids is 1. The van der Waals surface area contributed by atoms with Crippen LogP contribution in [0, 0.1) is 5.82 Å². The van der Waals surface area contributed by atoms with Crippen molar-refractivity contribution in [2.24, 2.45) is 12.8 Å². The van der Waals surface area contributed by atoms with Gasteiger partial charge in [-0.2, -0.15) is 23.3 Å². The van der Waals surface area contributed by atoms with E-state index >= 15 is 0 Å². The van der Waals surface area contributed by atoms with Crippen LogP contribution in [0.3, 0.4) is 0 Å². The fraction of sp³-hybridized carbons (Fsp3) is 0.292. The summed E-state index contributed by atoms with van der Waals surface area (Å²) >= 11 is 0. The number of piperazine rings is 1. The lowest BCUT2D eigenvalue weighted by molar-refractivity contribution is -0.192. The molecule has 0 radical (unpaired) electrons. The number of primary amides is 1. The number of carbonyl (C=O) groups excluding carboxylic acids is 1. The second kappa shape index (κ2) is 10.7. The van der Waals surface area contributed by atoms with E-state index in [1.807, 2.05) is 6.07 Å². The van der Waals surface area contributed by atoms with Crippen molar-refractivity contribution in [2.75, 3.05) is 38.1 Å². The number of benzene rings is 2. The molecular formula is C24H23F4N7O4. The zero-order chi connectivity index (χ0) is 28.5. The fourth-order valence-corrected chi connectivity index (χ4v) is 4.00. The van der Waals surface area contributed by atoms with Crippen LogP contribution in [0.4, 0.5) is 23.2 Å². The monoisotopic (exact) mass is 549 g/mol. The summed E-state index contributed by atoms with van der Waals surface area (Å²) in [5.41, 5.74) is 7.57. The van der Waals surface area contributed by atoms with Crippen LogP contribution in [0.1, 0.15) is 10.5 Å². The van der Waals surface area contributed by atoms with Crippen LogP contribution in [0.15, 0.2) is 36.5 Å². The van der Waals surface area contributed by atoms with Gasteiger partial charge < -0.3 is 25.4 Å². The number of likely N-dealkylation sites (N-methyl/N-ethyl adjacent to an activating group) is 1. The SMILES string of the molecule is CN1CCN(c2ccc(Oc3ncc4ccc5c(C(N)=O)nn(C)c5c4n3)c(F)c2)CC1.O=C(O)C(F)(F)F. The number of carboxylic acid groups (broad SMARTS) is 1. The van der Waals surface area contributed by atoms with E-state index in [1.165, 1.54) is 6.07 Å². The molecule has 1 aliphatic rings. The van der Waals surface area contributed by atoms with E-state index in [-0.39, 0.29) is 17.5 Å². The van der Waals surface area contributed by atoms with E-state index in [2.05, 4.69) is 31.9 Å². The van der Waals surface area contributed by atoms with Gasteiger partial charge in [-0.25, -0.2) is 14.2 Å². The zero-order valence-corrected chi connectivity index (χ0v) is 20.7. The number of hydrogen-bond acceptors (Lipinski definition) is 8. The van der Waals surface area contributed by atoms with E-state index in [0.717, 1.165) is 37.3 Å². The number of halogens is 4. The van der Waals surface area contributed by atoms with Gasteiger partial charge in [0.1, 0.15) is 5.52 Å². The molecule has 39 heavy (non-hydrogen) atoms. The van der Waals surface area contributed by atoms with Crippen molar-refractivity contribution in [2.45, 2.75) is 6.18 Å². The predicted molar refractivity (Wildman–Crippen MR) is 132 cm³/mol. The lowest BCUT2D eigenvalue weighted by Gasteiger charge is -2.34. The highest BCUT2D eigenvalue weighted by Crippen LogP contribution is 2.30. The number of alkyl halides is 3. The molecule has 0 unspecified atom stereocenters. The van der Waals surface area contributed by atoms with E-state index in [9.17, 15) is 22.4 Å². The largest absolute Gasteiger partial charge is 0.490 e. The summed E-state index contributed by atoms with van der Waals surface area (Å²) in [6.45, 7) is 3.56. The number of anilines is 1. The molecule has 1 aliphatic heterocycles. The molecule has 4 aromatic rings. The minimum Gasteiger partial charge on any atom is -0.475 e. The molecule has 0 aliphatic carbocycles. The van der Waals surface area contributed by atoms with Gasteiger partial charge in [0.15, 0.2) is 17.3 Å². The Morgan fingerprint density at radius 1 is 1.08 bits per heavy atom. The summed E-state index contributed by atoms with van der Waals surface area (Å²) in [4.78, 5) is 33.7. The number of carbonyl (C=O) groups is 2. The molecule has 11 nitrogen and oxygen atoms in total. The van der Waals surface area contributed by atoms with Crippen LogP contribution in [-0.2, 0) is 11.8 Å². The topological polar surface area (TPSA) is 140 Å². The standard InChI is InChI=1S/C22H22FN7O2.C2HF3O2/c1-28-7-9-30(10-8-28)14-4-6-17(16(23)11-14)32-22-25-12-13-3-5-15-19(21(24)31)27-29(2)20(15)18(13)26-22;3-2(4,5)1(6)7/h3-6,11-12H,7-10H2,1-2H3,(H2,24,31);(H,6,7). The molecule has 0 bridgehead atoms. The summed E-state index contributed by atoms with van der Waals surface area (Å²) < 4.78 is 53.8. The van der Waals surface area contributed by atoms with Gasteiger partial charge in [0.25, 0.3) is 5.91 Å². The van der Waals surface area contributed by atoms with Crippen LogP contribution in [-0.4, -0.2) is 81.0 Å². The number of aryl methyl sites for hydroxylation is 1. The van der Waals surface area contributed by atoms with E-state index in [1.54, 1.807) is 36.1 Å². The van der Waals surface area contributed by atoms with Crippen molar-refractivity contribution in [1.29, 1.82) is 0 Å². The molecule has 2 aromatic heterocycles. The Bertz CT molecular complexity index is 1550. The fourth-order valence-electron chi connectivity index (χ4n) is 4.00. The van der Waals surface area contributed by atoms with Crippen molar-refractivity contribution in [3.8, 4) is 11.8 Å². The molecule has 2 aromatic carbocycles. The number of nitrogens with two attached hydrogens (primary N) is 1. The third-order valence-electron chi connectivity index (χ3n) is 5.99. The molecule has 15 heteroatoms. The Balaban J connectivity index is 0.000000448. The van der Waals surface area contributed by atoms with Crippen molar-refractivity contribution < 1.29 is 37.0 Å². The van der Waals surface area contributed by atoms with Crippen molar-refractivity contribution >= 4 is 39.4 Å². The lowest BCUT2D eigenvalue weighted by Crippen LogP contribution is -2.44. The molecule has 206 valence electrons. The summed E-state index contributed by atoms with van der Waals surface area (Å²) in [5.74, 6) is -3.83. The number of amides is 1. The molecule has 5 rings (SSSR count). The second-order valence-electron chi connectivity index (χ2n) is 8.70. The highest BCUT2D eigenvalue weighted by Gasteiger charge is 2.38. The Hall–Kier alpha value is -4.53. The zero-order valence-electron chi connectivity index (χ0n) is 20.7. The van der Waals surface area contributed by atoms with Gasteiger partial charge in [0.05, 0.1) is 5.52 Å². The van der Waals surface area contributed by atoms with Crippen LogP contribution >= 0.6 is 0 Å². The van der Waals surface area contributed by atoms with Crippen LogP contribution < -0.4 is 15.4 Å². The second-order valence-corrected chi connectivity index (χ2v) is 8.70. The van der Waals surface area contributed by atoms with Gasteiger partial charge in [0.2, 0.25) is 0 Å². The number of aliphatic carboxylic acids is 1. The molecule has 1 amide bonds. The molecular weight excluding hydrogens is 526 g/mol. The van der Waals surface area contributed by atoms with Gasteiger partial charge in [-0.05, 0) is 25.2 Å². The van der Waals surface area contributed by atoms with Crippen molar-refractivity contribution in [3.05, 3.63) is 48.0 Å². The number of hydrogen-bond donors (Lipinski definition) is 2. The molecule has 3 N–H and O–H groups in total. The molecule has 0 spiro atoms. The van der Waals surface area contributed by atoms with Crippen LogP contribution in [0.2, 0.25) is 0 Å². The Kier molecular flexibility index (Phi) is 7.53. The van der Waals surface area contributed by atoms with Gasteiger partial charge in [0, 0.05) is 61.9 Å². The lowest BCUT2D eigenvalue weighted by atomic mass is 10.1. The summed E-state index contributed by atoms with van der Waals surface area (Å²) in [5, 5.41) is 12.6. The predicted octanol–water partition coefficient (Wildman–Crippen LogP) is 2.93. The quantitative estimate of drug-likeness (QED) is 0.368. The number of aromatic nitrogens is 4. The first-order valence-corrected chi connectivity index (χ1v) is 11.5. The first-order chi connectivity index (χ1) is 18.3. The van der Waals surface area contributed by atoms with Crippen LogP contribution in [0.5, 0.6) is 11.8 Å². The summed E-state index contributed by atoms with van der Waals surface area (Å²) in [6.07, 6.45) is -3.50. The normalized spacial score (nSPS) is 14.3. The molecule has 0 saturated carbocycles. The average molecular weight is 549 g/mol. The minimum atomic E-state index is -5.08. The van der Waals surface area contributed by atoms with E-state index in [0.29, 0.717) is 16.4 Å². The van der Waals surface area contributed by atoms with Crippen molar-refractivity contribution in [3.63, 3.8) is 0 Å². The van der Waals surface area contributed by atoms with E-state index in [4.69, 9.17) is 20.4 Å². The maximum Gasteiger partial charge on any atom is 0.490 e. The highest BCUT2D eigenvalue weighted by atomic mass is 19.4. The first kappa shape index (κ1) is 27.5. The number of fused-ring (bicyclic) bond motifs is 3. The number of ether oxygens (including phenoxy) is 1. The van der Waals surface area contributed by atoms with Gasteiger partial charge in [-0.3, -0.25) is 9.48 Å². The van der Waals surface area contributed by atoms with Gasteiger partial charge >= 0.3 is 18.2 Å². The third kappa shape index (κ3) is 5.98. The molecule has 0 atom stereocenters. The molecule has 3 heterocycles. The highest BCUT2D eigenvalue weighted by molar-refractivity contribution is 6.11. The van der Waals surface area contributed by atoms with Crippen molar-refractivity contribution in [1.82, 2.24) is 24.6 Å². The smallest absolute Gasteiger partial charge is 0.475 e. The van der Waals surface area contributed by atoms with Crippen LogP contribution in [0.25, 0.3) is 21.8 Å². The van der Waals surface area contributed by atoms with Gasteiger partial charge in [-0.15, -0.1) is 0 Å². The third-order valence-corrected chi connectivity index (χ3v) is 5.99. The minimum absolute atomic E-state index is 0.00178. The number of nitrogens with zero attached hydrogens (tertiary/aromatic N) is 6. The Morgan fingerprint density at radius 2 is 1.74 bits per heavy atom. The first-order valence-electron chi connectivity index (χ1n) is 11.5. The molecule has 1 saturated heterocycles. The summed E-state index contributed by atoms with van der Waals surface area (Å²) in [7, 11) is 3.78. The van der Waals surface area contributed by atoms with Gasteiger partial charge in [-0.1, -0.05) is 6.07 Å². The Morgan fingerprint density at radius 3 is 2.33 bits per heavy atom. The van der Waals surface area contributed by atoms with E-state index < -0.39 is 23.9 Å².